The van der Waals surface area contributed by atoms with Gasteiger partial charge in [-0.1, -0.05) is 60.7 Å². The van der Waals surface area contributed by atoms with Gasteiger partial charge in [-0.3, -0.25) is 9.59 Å². The van der Waals surface area contributed by atoms with Crippen molar-refractivity contribution in [3.63, 3.8) is 0 Å². The molecule has 2 N–H and O–H groups in total. The average molecular weight is 709 g/mol. The molecule has 268 valence electrons. The number of fused-ring (bicyclic) bond motifs is 2. The predicted octanol–water partition coefficient (Wildman–Crippen LogP) is 6.80. The summed E-state index contributed by atoms with van der Waals surface area (Å²) >= 11 is 0. The molecule has 6 aromatic rings. The zero-order valence-corrected chi connectivity index (χ0v) is 28.5. The third-order valence-corrected chi connectivity index (χ3v) is 7.88. The molecule has 0 bridgehead atoms. The first-order chi connectivity index (χ1) is 25.1. The molecule has 2 heterocycles. The molecular formula is C40H36O12. The Labute approximate surface area is 297 Å². The highest BCUT2D eigenvalue weighted by atomic mass is 16.5. The SMILES string of the molecule is COc1cc(OCc2ccccc2)c2c(CCC(=O)O)cc(=O)oc2c1.COc1cc(OCc2ccccc2)cc2oc(=O)cc(CCC(=O)O)c12. The van der Waals surface area contributed by atoms with Crippen LogP contribution in [0.25, 0.3) is 21.9 Å². The van der Waals surface area contributed by atoms with Gasteiger partial charge in [0.05, 0.1) is 25.0 Å². The van der Waals surface area contributed by atoms with Crippen molar-refractivity contribution in [3.8, 4) is 23.0 Å². The van der Waals surface area contributed by atoms with E-state index in [0.29, 0.717) is 69.3 Å². The largest absolute Gasteiger partial charge is 0.496 e. The minimum atomic E-state index is -0.938. The van der Waals surface area contributed by atoms with E-state index in [-0.39, 0.29) is 25.7 Å². The van der Waals surface area contributed by atoms with Crippen LogP contribution >= 0.6 is 0 Å². The van der Waals surface area contributed by atoms with E-state index >= 15 is 0 Å². The Balaban J connectivity index is 0.000000201. The molecule has 0 aliphatic carbocycles. The highest BCUT2D eigenvalue weighted by molar-refractivity contribution is 5.89. The van der Waals surface area contributed by atoms with Crippen molar-refractivity contribution >= 4 is 33.9 Å². The lowest BCUT2D eigenvalue weighted by Crippen LogP contribution is -2.06. The molecule has 0 radical (unpaired) electrons. The van der Waals surface area contributed by atoms with Crippen LogP contribution in [-0.4, -0.2) is 36.4 Å². The molecular weight excluding hydrogens is 672 g/mol. The Kier molecular flexibility index (Phi) is 12.3. The monoisotopic (exact) mass is 708 g/mol. The Morgan fingerprint density at radius 1 is 0.577 bits per heavy atom. The molecule has 0 spiro atoms. The fourth-order valence-electron chi connectivity index (χ4n) is 5.46. The fraction of sp³-hybridized carbons (Fsp3) is 0.200. The molecule has 4 aromatic carbocycles. The minimum Gasteiger partial charge on any atom is -0.496 e. The molecule has 12 nitrogen and oxygen atoms in total. The van der Waals surface area contributed by atoms with Crippen molar-refractivity contribution in [2.24, 2.45) is 0 Å². The minimum absolute atomic E-state index is 0.0893. The van der Waals surface area contributed by atoms with Gasteiger partial charge in [0.25, 0.3) is 0 Å². The molecule has 0 unspecified atom stereocenters. The van der Waals surface area contributed by atoms with Gasteiger partial charge in [-0.15, -0.1) is 0 Å². The zero-order valence-electron chi connectivity index (χ0n) is 28.5. The van der Waals surface area contributed by atoms with Gasteiger partial charge < -0.3 is 38.0 Å². The van der Waals surface area contributed by atoms with Crippen molar-refractivity contribution in [1.82, 2.24) is 0 Å². The number of rotatable bonds is 14. The Morgan fingerprint density at radius 3 is 1.52 bits per heavy atom. The molecule has 12 heteroatoms. The second-order valence-electron chi connectivity index (χ2n) is 11.5. The van der Waals surface area contributed by atoms with E-state index in [4.69, 9.17) is 38.0 Å². The molecule has 0 saturated heterocycles. The second kappa shape index (κ2) is 17.4. The number of carboxylic acid groups (broad SMARTS) is 2. The number of methoxy groups -OCH3 is 2. The number of ether oxygens (including phenoxy) is 4. The normalized spacial score (nSPS) is 10.7. The lowest BCUT2D eigenvalue weighted by Gasteiger charge is -2.13. The third kappa shape index (κ3) is 9.78. The number of aryl methyl sites for hydroxylation is 2. The maximum Gasteiger partial charge on any atom is 0.336 e. The number of hydrogen-bond acceptors (Lipinski definition) is 10. The summed E-state index contributed by atoms with van der Waals surface area (Å²) in [4.78, 5) is 45.5. The first-order valence-electron chi connectivity index (χ1n) is 16.2. The third-order valence-electron chi connectivity index (χ3n) is 7.88. The summed E-state index contributed by atoms with van der Waals surface area (Å²) < 4.78 is 33.0. The maximum absolute atomic E-state index is 11.8. The topological polar surface area (TPSA) is 172 Å². The van der Waals surface area contributed by atoms with Crippen molar-refractivity contribution in [3.05, 3.63) is 140 Å². The van der Waals surface area contributed by atoms with Crippen LogP contribution in [0.15, 0.2) is 115 Å². The molecule has 0 amide bonds. The summed E-state index contributed by atoms with van der Waals surface area (Å²) in [7, 11) is 3.01. The van der Waals surface area contributed by atoms with E-state index in [0.717, 1.165) is 11.1 Å². The van der Waals surface area contributed by atoms with Gasteiger partial charge in [-0.25, -0.2) is 9.59 Å². The number of hydrogen-bond donors (Lipinski definition) is 2. The van der Waals surface area contributed by atoms with Crippen LogP contribution in [-0.2, 0) is 35.6 Å². The molecule has 6 rings (SSSR count). The van der Waals surface area contributed by atoms with E-state index in [9.17, 15) is 19.2 Å². The van der Waals surface area contributed by atoms with Gasteiger partial charge in [0.2, 0.25) is 0 Å². The molecule has 0 aliphatic heterocycles. The molecule has 0 atom stereocenters. The number of carboxylic acids is 2. The Bertz CT molecular complexity index is 2260. The molecule has 0 saturated carbocycles. The molecule has 0 fully saturated rings. The van der Waals surface area contributed by atoms with Gasteiger partial charge in [0.15, 0.2) is 0 Å². The first kappa shape index (κ1) is 36.7. The summed E-state index contributed by atoms with van der Waals surface area (Å²) in [5.41, 5.74) is 2.66. The van der Waals surface area contributed by atoms with Crippen LogP contribution in [0, 0.1) is 0 Å². The van der Waals surface area contributed by atoms with Gasteiger partial charge >= 0.3 is 23.2 Å². The summed E-state index contributed by atoms with van der Waals surface area (Å²) in [5, 5.41) is 19.0. The summed E-state index contributed by atoms with van der Waals surface area (Å²) in [6, 6.07) is 28.5. The zero-order chi connectivity index (χ0) is 37.0. The average Bonchev–Trinajstić information content (AvgIpc) is 3.14. The van der Waals surface area contributed by atoms with Gasteiger partial charge in [0, 0.05) is 49.2 Å². The van der Waals surface area contributed by atoms with Crippen LogP contribution in [0.2, 0.25) is 0 Å². The van der Waals surface area contributed by atoms with E-state index < -0.39 is 23.2 Å². The summed E-state index contributed by atoms with van der Waals surface area (Å²) in [5.74, 6) is 0.0534. The van der Waals surface area contributed by atoms with Crippen LogP contribution in [0.5, 0.6) is 23.0 Å². The molecule has 0 aliphatic rings. The summed E-state index contributed by atoms with van der Waals surface area (Å²) in [6.07, 6.45) is 0.222. The van der Waals surface area contributed by atoms with E-state index in [1.807, 2.05) is 60.7 Å². The Hall–Kier alpha value is -6.56. The number of benzene rings is 4. The van der Waals surface area contributed by atoms with Crippen molar-refractivity contribution < 1.29 is 47.6 Å². The van der Waals surface area contributed by atoms with Crippen LogP contribution in [0.4, 0.5) is 0 Å². The van der Waals surface area contributed by atoms with Crippen molar-refractivity contribution in [2.45, 2.75) is 38.9 Å². The smallest absolute Gasteiger partial charge is 0.336 e. The van der Waals surface area contributed by atoms with Crippen LogP contribution < -0.4 is 30.2 Å². The van der Waals surface area contributed by atoms with Crippen molar-refractivity contribution in [1.29, 1.82) is 0 Å². The van der Waals surface area contributed by atoms with Crippen LogP contribution in [0.3, 0.4) is 0 Å². The molecule has 2 aromatic heterocycles. The predicted molar refractivity (Wildman–Crippen MR) is 192 cm³/mol. The molecule has 52 heavy (non-hydrogen) atoms. The van der Waals surface area contributed by atoms with Gasteiger partial charge in [-0.05, 0) is 35.1 Å². The highest BCUT2D eigenvalue weighted by Crippen LogP contribution is 2.35. The van der Waals surface area contributed by atoms with E-state index in [1.165, 1.54) is 26.4 Å². The maximum atomic E-state index is 11.8. The summed E-state index contributed by atoms with van der Waals surface area (Å²) in [6.45, 7) is 0.680. The number of carbonyl (C=O) groups is 2. The second-order valence-corrected chi connectivity index (χ2v) is 11.5. The lowest BCUT2D eigenvalue weighted by atomic mass is 10.0. The van der Waals surface area contributed by atoms with E-state index in [1.54, 1.807) is 24.3 Å². The van der Waals surface area contributed by atoms with Crippen LogP contribution in [0.1, 0.15) is 35.1 Å². The Morgan fingerprint density at radius 2 is 1.04 bits per heavy atom. The van der Waals surface area contributed by atoms with Gasteiger partial charge in [0.1, 0.15) is 47.4 Å². The van der Waals surface area contributed by atoms with Crippen molar-refractivity contribution in [2.75, 3.05) is 14.2 Å². The van der Waals surface area contributed by atoms with Gasteiger partial charge in [-0.2, -0.15) is 0 Å². The standard InChI is InChI=1S/2C20H18O6/c1-24-16-10-15(25-12-13-5-3-2-4-6-13)11-17-20(16)14(7-8-18(21)22)9-19(23)26-17;1-24-15-10-16(25-12-13-5-3-2-4-6-13)20-14(7-8-18(21)22)9-19(23)26-17(20)11-15/h2*2-6,9-11H,7-8,12H2,1H3,(H,21,22). The lowest BCUT2D eigenvalue weighted by molar-refractivity contribution is -0.138. The quantitative estimate of drug-likeness (QED) is 0.114. The fourth-order valence-corrected chi connectivity index (χ4v) is 5.46. The number of aliphatic carboxylic acids is 2. The highest BCUT2D eigenvalue weighted by Gasteiger charge is 2.17. The van der Waals surface area contributed by atoms with E-state index in [2.05, 4.69) is 0 Å². The first-order valence-corrected chi connectivity index (χ1v) is 16.2.